The molecule has 2 rings (SSSR count). The van der Waals surface area contributed by atoms with Crippen LogP contribution in [0.25, 0.3) is 0 Å². The molecule has 0 aliphatic carbocycles. The van der Waals surface area contributed by atoms with Gasteiger partial charge in [-0.15, -0.1) is 0 Å². The van der Waals surface area contributed by atoms with Gasteiger partial charge in [0.25, 0.3) is 0 Å². The molecule has 0 atom stereocenters. The fourth-order valence-corrected chi connectivity index (χ4v) is 2.19. The number of hydrogen-bond donors (Lipinski definition) is 2. The number of benzene rings is 2. The summed E-state index contributed by atoms with van der Waals surface area (Å²) < 4.78 is 18.5. The van der Waals surface area contributed by atoms with Gasteiger partial charge in [-0.05, 0) is 55.5 Å². The lowest BCUT2D eigenvalue weighted by Gasteiger charge is -2.06. The number of aryl methyl sites for hydroxylation is 1. The minimum atomic E-state index is -0.547. The predicted octanol–water partition coefficient (Wildman–Crippen LogP) is 3.81. The highest BCUT2D eigenvalue weighted by Gasteiger charge is 2.09. The Kier molecular flexibility index (Phi) is 5.97. The van der Waals surface area contributed by atoms with E-state index in [1.807, 2.05) is 6.07 Å². The summed E-state index contributed by atoms with van der Waals surface area (Å²) in [6.45, 7) is 0.262. The van der Waals surface area contributed by atoms with E-state index >= 15 is 0 Å². The van der Waals surface area contributed by atoms with E-state index in [4.69, 9.17) is 4.74 Å². The van der Waals surface area contributed by atoms with E-state index in [1.165, 1.54) is 18.2 Å². The van der Waals surface area contributed by atoms with Gasteiger partial charge in [0.05, 0.1) is 12.2 Å². The highest BCUT2D eigenvalue weighted by Crippen LogP contribution is 2.25. The molecule has 0 saturated heterocycles. The predicted molar refractivity (Wildman–Crippen MR) is 84.0 cm³/mol. The van der Waals surface area contributed by atoms with Crippen LogP contribution in [0, 0.1) is 5.82 Å². The Bertz CT molecular complexity index is 670. The van der Waals surface area contributed by atoms with Crippen molar-refractivity contribution in [2.45, 2.75) is 25.7 Å². The molecule has 23 heavy (non-hydrogen) atoms. The molecule has 122 valence electrons. The lowest BCUT2D eigenvalue weighted by atomic mass is 10.1. The zero-order valence-electron chi connectivity index (χ0n) is 12.7. The van der Waals surface area contributed by atoms with Crippen LogP contribution >= 0.6 is 0 Å². The van der Waals surface area contributed by atoms with Crippen molar-refractivity contribution in [1.29, 1.82) is 0 Å². The first kappa shape index (κ1) is 16.8. The summed E-state index contributed by atoms with van der Waals surface area (Å²) in [6, 6.07) is 10.5. The van der Waals surface area contributed by atoms with E-state index in [-0.39, 0.29) is 29.5 Å². The summed E-state index contributed by atoms with van der Waals surface area (Å²) in [5.74, 6) is -1.38. The van der Waals surface area contributed by atoms with Gasteiger partial charge in [-0.25, -0.2) is 9.18 Å². The Morgan fingerprint density at radius 3 is 2.52 bits per heavy atom. The molecule has 2 N–H and O–H groups in total. The Hall–Kier alpha value is -2.56. The number of rotatable bonds is 7. The Morgan fingerprint density at radius 2 is 1.78 bits per heavy atom. The minimum absolute atomic E-state index is 0.187. The number of carbonyl (C=O) groups excluding carboxylic acids is 1. The fraction of sp³-hybridized carbons (Fsp3) is 0.278. The third-order valence-corrected chi connectivity index (χ3v) is 3.49. The zero-order valence-corrected chi connectivity index (χ0v) is 12.7. The highest BCUT2D eigenvalue weighted by molar-refractivity contribution is 5.90. The monoisotopic (exact) mass is 318 g/mol. The van der Waals surface area contributed by atoms with Crippen LogP contribution in [0.3, 0.4) is 0 Å². The largest absolute Gasteiger partial charge is 0.504 e. The molecule has 5 heteroatoms. The number of ether oxygens (including phenoxy) is 1. The summed E-state index contributed by atoms with van der Waals surface area (Å²) in [4.78, 5) is 11.7. The zero-order chi connectivity index (χ0) is 16.7. The van der Waals surface area contributed by atoms with E-state index in [2.05, 4.69) is 0 Å². The van der Waals surface area contributed by atoms with Crippen molar-refractivity contribution in [3.8, 4) is 11.5 Å². The Labute approximate surface area is 134 Å². The molecule has 2 aromatic carbocycles. The van der Waals surface area contributed by atoms with Gasteiger partial charge >= 0.3 is 5.97 Å². The third kappa shape index (κ3) is 4.98. The van der Waals surface area contributed by atoms with Crippen molar-refractivity contribution < 1.29 is 24.1 Å². The molecule has 0 unspecified atom stereocenters. The molecule has 0 amide bonds. The minimum Gasteiger partial charge on any atom is -0.504 e. The van der Waals surface area contributed by atoms with Crippen LogP contribution < -0.4 is 0 Å². The first-order chi connectivity index (χ1) is 11.1. The molecule has 0 heterocycles. The number of halogens is 1. The van der Waals surface area contributed by atoms with Crippen molar-refractivity contribution in [1.82, 2.24) is 0 Å². The molecule has 0 aromatic heterocycles. The van der Waals surface area contributed by atoms with Gasteiger partial charge in [0, 0.05) is 0 Å². The van der Waals surface area contributed by atoms with E-state index < -0.39 is 5.97 Å². The van der Waals surface area contributed by atoms with Gasteiger partial charge in [0.2, 0.25) is 0 Å². The summed E-state index contributed by atoms with van der Waals surface area (Å²) in [6.07, 6.45) is 2.98. The number of carbonyl (C=O) groups is 1. The maximum Gasteiger partial charge on any atom is 0.338 e. The number of unbranched alkanes of at least 4 members (excludes halogenated alkanes) is 2. The first-order valence-corrected chi connectivity index (χ1v) is 7.50. The summed E-state index contributed by atoms with van der Waals surface area (Å²) in [5.41, 5.74) is 0.885. The molecule has 0 fully saturated rings. The van der Waals surface area contributed by atoms with Crippen molar-refractivity contribution in [3.05, 3.63) is 59.4 Å². The third-order valence-electron chi connectivity index (χ3n) is 3.49. The van der Waals surface area contributed by atoms with Crippen molar-refractivity contribution in [2.75, 3.05) is 6.61 Å². The van der Waals surface area contributed by atoms with E-state index in [0.29, 0.717) is 18.4 Å². The lowest BCUT2D eigenvalue weighted by Crippen LogP contribution is -2.06. The highest BCUT2D eigenvalue weighted by atomic mass is 19.1. The standard InChI is InChI=1S/C18H19FO4/c19-15-8-4-3-7-13(15)6-2-1-5-11-23-18(22)14-9-10-16(20)17(21)12-14/h3-4,7-10,12,20-21H,1-2,5-6,11H2. The number of aromatic hydroxyl groups is 2. The van der Waals surface area contributed by atoms with Crippen molar-refractivity contribution in [3.63, 3.8) is 0 Å². The van der Waals surface area contributed by atoms with Crippen LogP contribution in [0.5, 0.6) is 11.5 Å². The smallest absolute Gasteiger partial charge is 0.338 e. The molecular formula is C18H19FO4. The molecule has 0 spiro atoms. The molecule has 0 aliphatic rings. The molecule has 4 nitrogen and oxygen atoms in total. The summed E-state index contributed by atoms with van der Waals surface area (Å²) in [5, 5.41) is 18.5. The van der Waals surface area contributed by atoms with Crippen molar-refractivity contribution >= 4 is 5.97 Å². The van der Waals surface area contributed by atoms with Gasteiger partial charge in [-0.3, -0.25) is 0 Å². The van der Waals surface area contributed by atoms with Crippen LogP contribution in [0.15, 0.2) is 42.5 Å². The van der Waals surface area contributed by atoms with Crippen LogP contribution in [-0.2, 0) is 11.2 Å². The average Bonchev–Trinajstić information content (AvgIpc) is 2.54. The molecule has 0 radical (unpaired) electrons. The second-order valence-electron chi connectivity index (χ2n) is 5.24. The molecule has 0 bridgehead atoms. The Morgan fingerprint density at radius 1 is 1.00 bits per heavy atom. The quantitative estimate of drug-likeness (QED) is 0.463. The maximum atomic E-state index is 13.4. The SMILES string of the molecule is O=C(OCCCCCc1ccccc1F)c1ccc(O)c(O)c1. The molecule has 0 aliphatic heterocycles. The van der Waals surface area contributed by atoms with Crippen LogP contribution in [0.4, 0.5) is 4.39 Å². The van der Waals surface area contributed by atoms with Crippen LogP contribution in [0.2, 0.25) is 0 Å². The second kappa shape index (κ2) is 8.17. The van der Waals surface area contributed by atoms with Gasteiger partial charge in [-0.2, -0.15) is 0 Å². The van der Waals surface area contributed by atoms with E-state index in [1.54, 1.807) is 12.1 Å². The van der Waals surface area contributed by atoms with Gasteiger partial charge in [0.15, 0.2) is 11.5 Å². The van der Waals surface area contributed by atoms with E-state index in [0.717, 1.165) is 18.9 Å². The first-order valence-electron chi connectivity index (χ1n) is 7.50. The van der Waals surface area contributed by atoms with Crippen LogP contribution in [0.1, 0.15) is 35.2 Å². The van der Waals surface area contributed by atoms with Gasteiger partial charge in [-0.1, -0.05) is 18.2 Å². The molecular weight excluding hydrogens is 299 g/mol. The summed E-state index contributed by atoms with van der Waals surface area (Å²) in [7, 11) is 0. The average molecular weight is 318 g/mol. The topological polar surface area (TPSA) is 66.8 Å². The number of phenolic OH excluding ortho intramolecular Hbond substituents is 2. The number of esters is 1. The fourth-order valence-electron chi connectivity index (χ4n) is 2.19. The van der Waals surface area contributed by atoms with Crippen molar-refractivity contribution in [2.24, 2.45) is 0 Å². The van der Waals surface area contributed by atoms with E-state index in [9.17, 15) is 19.4 Å². The maximum absolute atomic E-state index is 13.4. The van der Waals surface area contributed by atoms with Gasteiger partial charge < -0.3 is 14.9 Å². The van der Waals surface area contributed by atoms with Gasteiger partial charge in [0.1, 0.15) is 5.82 Å². The second-order valence-corrected chi connectivity index (χ2v) is 5.24. The Balaban J connectivity index is 1.66. The normalized spacial score (nSPS) is 10.5. The number of phenols is 2. The summed E-state index contributed by atoms with van der Waals surface area (Å²) >= 11 is 0. The molecule has 0 saturated carbocycles. The number of hydrogen-bond acceptors (Lipinski definition) is 4. The molecule has 2 aromatic rings. The van der Waals surface area contributed by atoms with Crippen LogP contribution in [-0.4, -0.2) is 22.8 Å². The lowest BCUT2D eigenvalue weighted by molar-refractivity contribution is 0.0497.